The number of rotatable bonds is 4. The molecule has 1 aromatic carbocycles. The normalized spacial score (nSPS) is 16.6. The molecular formula is C23H23BrN4. The van der Waals surface area contributed by atoms with E-state index in [0.29, 0.717) is 0 Å². The van der Waals surface area contributed by atoms with Crippen LogP contribution in [0.3, 0.4) is 0 Å². The van der Waals surface area contributed by atoms with Crippen molar-refractivity contribution in [3.8, 4) is 5.69 Å². The van der Waals surface area contributed by atoms with E-state index < -0.39 is 0 Å². The van der Waals surface area contributed by atoms with E-state index in [-0.39, 0.29) is 12.0 Å². The molecule has 142 valence electrons. The van der Waals surface area contributed by atoms with Crippen molar-refractivity contribution < 1.29 is 0 Å². The van der Waals surface area contributed by atoms with Crippen LogP contribution in [-0.4, -0.2) is 20.2 Å². The summed E-state index contributed by atoms with van der Waals surface area (Å²) >= 11 is 3.63. The zero-order valence-corrected chi connectivity index (χ0v) is 17.9. The molecule has 3 aromatic rings. The molecule has 0 saturated carbocycles. The molecule has 0 amide bonds. The minimum Gasteiger partial charge on any atom is -0.299 e. The van der Waals surface area contributed by atoms with Gasteiger partial charge < -0.3 is 0 Å². The fourth-order valence-corrected chi connectivity index (χ4v) is 4.25. The lowest BCUT2D eigenvalue weighted by molar-refractivity contribution is 0.448. The number of hydrogen-bond donors (Lipinski definition) is 0. The van der Waals surface area contributed by atoms with E-state index in [1.54, 1.807) is 0 Å². The summed E-state index contributed by atoms with van der Waals surface area (Å²) in [5.74, 6) is 1.25. The molecule has 0 saturated heterocycles. The smallest absolute Gasteiger partial charge is 0.138 e. The predicted octanol–water partition coefficient (Wildman–Crippen LogP) is 5.83. The van der Waals surface area contributed by atoms with Crippen LogP contribution >= 0.6 is 15.9 Å². The maximum Gasteiger partial charge on any atom is 0.138 e. The Morgan fingerprint density at radius 1 is 1.25 bits per heavy atom. The van der Waals surface area contributed by atoms with Crippen molar-refractivity contribution in [2.45, 2.75) is 33.2 Å². The molecule has 2 atom stereocenters. The average Bonchev–Trinajstić information content (AvgIpc) is 2.96. The topological polar surface area (TPSA) is 43.1 Å². The molecule has 0 bridgehead atoms. The lowest BCUT2D eigenvalue weighted by Crippen LogP contribution is -2.14. The summed E-state index contributed by atoms with van der Waals surface area (Å²) in [5, 5.41) is 0. The molecule has 4 nitrogen and oxygen atoms in total. The van der Waals surface area contributed by atoms with Crippen LogP contribution in [0.15, 0.2) is 70.4 Å². The number of fused-ring (bicyclic) bond motifs is 3. The molecule has 4 rings (SSSR count). The van der Waals surface area contributed by atoms with Crippen molar-refractivity contribution in [2.75, 3.05) is 0 Å². The van der Waals surface area contributed by atoms with Gasteiger partial charge in [0.15, 0.2) is 0 Å². The van der Waals surface area contributed by atoms with E-state index >= 15 is 0 Å². The number of allylic oxidation sites excluding steroid dienone is 1. The molecule has 0 N–H and O–H groups in total. The van der Waals surface area contributed by atoms with Gasteiger partial charge in [-0.1, -0.05) is 34.5 Å². The Labute approximate surface area is 174 Å². The second-order valence-electron chi connectivity index (χ2n) is 7.53. The third-order valence-corrected chi connectivity index (χ3v) is 5.56. The van der Waals surface area contributed by atoms with Gasteiger partial charge in [0.05, 0.1) is 17.1 Å². The molecule has 1 aliphatic heterocycles. The summed E-state index contributed by atoms with van der Waals surface area (Å²) in [7, 11) is 0. The maximum atomic E-state index is 5.24. The van der Waals surface area contributed by atoms with Crippen LogP contribution in [0.5, 0.6) is 0 Å². The highest BCUT2D eigenvalue weighted by molar-refractivity contribution is 9.10. The van der Waals surface area contributed by atoms with Crippen molar-refractivity contribution in [1.82, 2.24) is 14.5 Å². The molecule has 0 aliphatic carbocycles. The van der Waals surface area contributed by atoms with Crippen molar-refractivity contribution >= 4 is 21.6 Å². The summed E-state index contributed by atoms with van der Waals surface area (Å²) in [6, 6.07) is 12.2. The molecule has 28 heavy (non-hydrogen) atoms. The first-order chi connectivity index (χ1) is 13.5. The summed E-state index contributed by atoms with van der Waals surface area (Å²) in [5.41, 5.74) is 6.17. The minimum absolute atomic E-state index is 0.0754. The Hall–Kier alpha value is -2.53. The number of halogens is 1. The standard InChI is InChI=1S/C23H23BrN4/c1-14(2)11-15(3)21-23-26-13-16(4)28(23)20-9-8-17(24)12-18(20)22(27-21)19-7-5-6-10-25-19/h5-10,12-13,15,21H,1,11H2,2-4H3. The van der Waals surface area contributed by atoms with E-state index in [2.05, 4.69) is 71.0 Å². The number of imidazole rings is 1. The largest absolute Gasteiger partial charge is 0.299 e. The molecule has 2 unspecified atom stereocenters. The first-order valence-electron chi connectivity index (χ1n) is 9.44. The van der Waals surface area contributed by atoms with Crippen molar-refractivity contribution in [3.63, 3.8) is 0 Å². The molecule has 0 radical (unpaired) electrons. The minimum atomic E-state index is -0.0754. The second kappa shape index (κ2) is 7.47. The number of aryl methyl sites for hydroxylation is 1. The maximum absolute atomic E-state index is 5.24. The van der Waals surface area contributed by atoms with Crippen molar-refractivity contribution in [2.24, 2.45) is 10.9 Å². The number of benzene rings is 1. The van der Waals surface area contributed by atoms with Gasteiger partial charge in [-0.05, 0) is 56.5 Å². The zero-order chi connectivity index (χ0) is 19.8. The van der Waals surface area contributed by atoms with E-state index in [0.717, 1.165) is 50.6 Å². The SMILES string of the molecule is C=C(C)CC(C)C1N=C(c2ccccn2)c2cc(Br)ccc2-n2c(C)cnc21. The van der Waals surface area contributed by atoms with Gasteiger partial charge in [0.1, 0.15) is 11.9 Å². The average molecular weight is 435 g/mol. The van der Waals surface area contributed by atoms with E-state index in [9.17, 15) is 0 Å². The molecule has 5 heteroatoms. The fraction of sp³-hybridized carbons (Fsp3) is 0.261. The monoisotopic (exact) mass is 434 g/mol. The molecule has 3 heterocycles. The lowest BCUT2D eigenvalue weighted by Gasteiger charge is -2.20. The molecule has 0 fully saturated rings. The fourth-order valence-electron chi connectivity index (χ4n) is 3.89. The molecule has 0 spiro atoms. The van der Waals surface area contributed by atoms with Crippen LogP contribution < -0.4 is 0 Å². The summed E-state index contributed by atoms with van der Waals surface area (Å²) < 4.78 is 3.25. The van der Waals surface area contributed by atoms with Crippen molar-refractivity contribution in [1.29, 1.82) is 0 Å². The van der Waals surface area contributed by atoms with Crippen LogP contribution in [0.4, 0.5) is 0 Å². The van der Waals surface area contributed by atoms with E-state index in [1.165, 1.54) is 0 Å². The van der Waals surface area contributed by atoms with Gasteiger partial charge in [-0.25, -0.2) is 4.98 Å². The molecular weight excluding hydrogens is 412 g/mol. The Kier molecular flexibility index (Phi) is 5.02. The van der Waals surface area contributed by atoms with Crippen LogP contribution in [0.25, 0.3) is 5.69 Å². The van der Waals surface area contributed by atoms with E-state index in [1.807, 2.05) is 30.6 Å². The lowest BCUT2D eigenvalue weighted by atomic mass is 9.94. The van der Waals surface area contributed by atoms with E-state index in [4.69, 9.17) is 9.98 Å². The third-order valence-electron chi connectivity index (χ3n) is 5.07. The third kappa shape index (κ3) is 3.35. The zero-order valence-electron chi connectivity index (χ0n) is 16.4. The highest BCUT2D eigenvalue weighted by Crippen LogP contribution is 2.37. The van der Waals surface area contributed by atoms with Crippen LogP contribution in [-0.2, 0) is 0 Å². The van der Waals surface area contributed by atoms with Crippen LogP contribution in [0.2, 0.25) is 0 Å². The first-order valence-corrected chi connectivity index (χ1v) is 10.2. The number of hydrogen-bond acceptors (Lipinski definition) is 3. The molecule has 1 aliphatic rings. The van der Waals surface area contributed by atoms with Crippen LogP contribution in [0.1, 0.15) is 49.1 Å². The summed E-state index contributed by atoms with van der Waals surface area (Å²) in [4.78, 5) is 14.6. The highest BCUT2D eigenvalue weighted by atomic mass is 79.9. The highest BCUT2D eigenvalue weighted by Gasteiger charge is 2.30. The number of pyridine rings is 1. The Morgan fingerprint density at radius 2 is 2.07 bits per heavy atom. The van der Waals surface area contributed by atoms with Gasteiger partial charge in [0.25, 0.3) is 0 Å². The van der Waals surface area contributed by atoms with Gasteiger partial charge in [-0.3, -0.25) is 14.5 Å². The van der Waals surface area contributed by atoms with Crippen molar-refractivity contribution in [3.05, 3.63) is 88.2 Å². The van der Waals surface area contributed by atoms with Crippen LogP contribution in [0, 0.1) is 12.8 Å². The Balaban J connectivity index is 2.01. The number of aromatic nitrogens is 3. The van der Waals surface area contributed by atoms with Gasteiger partial charge in [0, 0.05) is 28.1 Å². The van der Waals surface area contributed by atoms with Gasteiger partial charge in [-0.15, -0.1) is 6.58 Å². The Bertz CT molecular complexity index is 1070. The second-order valence-corrected chi connectivity index (χ2v) is 8.45. The quantitative estimate of drug-likeness (QED) is 0.484. The van der Waals surface area contributed by atoms with Gasteiger partial charge in [0.2, 0.25) is 0 Å². The van der Waals surface area contributed by atoms with Gasteiger partial charge in [-0.2, -0.15) is 0 Å². The molecule has 2 aromatic heterocycles. The number of aliphatic imine (C=N–C) groups is 1. The summed E-state index contributed by atoms with van der Waals surface area (Å²) in [6.45, 7) is 10.5. The first kappa shape index (κ1) is 18.8. The summed E-state index contributed by atoms with van der Waals surface area (Å²) in [6.07, 6.45) is 4.65. The predicted molar refractivity (Wildman–Crippen MR) is 117 cm³/mol. The number of nitrogens with zero attached hydrogens (tertiary/aromatic N) is 4. The Morgan fingerprint density at radius 3 is 2.79 bits per heavy atom. The van der Waals surface area contributed by atoms with Gasteiger partial charge >= 0.3 is 0 Å².